The molecule has 1 atom stereocenters. The first-order chi connectivity index (χ1) is 8.79. The van der Waals surface area contributed by atoms with Gasteiger partial charge in [-0.3, -0.25) is 4.79 Å². The number of nitrogens with one attached hydrogen (secondary N) is 1. The zero-order valence-electron chi connectivity index (χ0n) is 9.72. The minimum atomic E-state index is -0.337. The van der Waals surface area contributed by atoms with Crippen LogP contribution < -0.4 is 5.32 Å². The highest BCUT2D eigenvalue weighted by molar-refractivity contribution is 7.17. The number of carbonyl (C=O) groups is 1. The van der Waals surface area contributed by atoms with Gasteiger partial charge in [-0.2, -0.15) is 5.26 Å². The van der Waals surface area contributed by atoms with E-state index in [0.29, 0.717) is 11.5 Å². The number of benzene rings is 1. The van der Waals surface area contributed by atoms with Gasteiger partial charge < -0.3 is 5.32 Å². The van der Waals surface area contributed by atoms with Crippen LogP contribution in [-0.2, 0) is 0 Å². The minimum absolute atomic E-state index is 0.133. The number of rotatable bonds is 3. The van der Waals surface area contributed by atoms with Gasteiger partial charge in [0.2, 0.25) is 0 Å². The Morgan fingerprint density at radius 3 is 2.94 bits per heavy atom. The van der Waals surface area contributed by atoms with Gasteiger partial charge in [-0.15, -0.1) is 11.3 Å². The molecule has 0 saturated heterocycles. The van der Waals surface area contributed by atoms with Crippen LogP contribution in [0.15, 0.2) is 29.6 Å². The number of hydrogen-bond acceptors (Lipinski definition) is 3. The molecule has 1 fully saturated rings. The number of carbonyl (C=O) groups excluding carboxylic acids is 1. The Kier molecular flexibility index (Phi) is 2.77. The van der Waals surface area contributed by atoms with E-state index in [-0.39, 0.29) is 11.9 Å². The van der Waals surface area contributed by atoms with Gasteiger partial charge in [-0.1, -0.05) is 18.2 Å². The molecule has 1 unspecified atom stereocenters. The first-order valence-corrected chi connectivity index (χ1v) is 6.84. The zero-order chi connectivity index (χ0) is 12.5. The van der Waals surface area contributed by atoms with E-state index in [1.807, 2.05) is 29.6 Å². The van der Waals surface area contributed by atoms with E-state index >= 15 is 0 Å². The number of fused-ring (bicyclic) bond motifs is 1. The highest BCUT2D eigenvalue weighted by atomic mass is 32.1. The summed E-state index contributed by atoms with van der Waals surface area (Å²) in [5.41, 5.74) is 0.677. The van der Waals surface area contributed by atoms with E-state index in [1.54, 1.807) is 11.3 Å². The smallest absolute Gasteiger partial charge is 0.253 e. The second-order valence-corrected chi connectivity index (χ2v) is 5.47. The van der Waals surface area contributed by atoms with Crippen molar-refractivity contribution < 1.29 is 4.79 Å². The Morgan fingerprint density at radius 1 is 1.44 bits per heavy atom. The predicted octanol–water partition coefficient (Wildman–Crippen LogP) is 2.93. The van der Waals surface area contributed by atoms with Crippen LogP contribution in [0.4, 0.5) is 0 Å². The Labute approximate surface area is 109 Å². The molecule has 1 aromatic carbocycles. The highest BCUT2D eigenvalue weighted by Gasteiger charge is 2.32. The van der Waals surface area contributed by atoms with Crippen LogP contribution in [0.25, 0.3) is 10.1 Å². The van der Waals surface area contributed by atoms with Crippen LogP contribution in [0.3, 0.4) is 0 Å². The van der Waals surface area contributed by atoms with Crippen molar-refractivity contribution in [3.8, 4) is 6.07 Å². The molecule has 90 valence electrons. The van der Waals surface area contributed by atoms with Crippen molar-refractivity contribution in [1.29, 1.82) is 5.26 Å². The first kappa shape index (κ1) is 11.2. The molecule has 18 heavy (non-hydrogen) atoms. The summed E-state index contributed by atoms with van der Waals surface area (Å²) in [5, 5.41) is 14.7. The Balaban J connectivity index is 1.86. The zero-order valence-corrected chi connectivity index (χ0v) is 10.5. The largest absolute Gasteiger partial charge is 0.336 e. The second kappa shape index (κ2) is 4.43. The lowest BCUT2D eigenvalue weighted by molar-refractivity contribution is 0.0944. The van der Waals surface area contributed by atoms with Gasteiger partial charge >= 0.3 is 0 Å². The second-order valence-electron chi connectivity index (χ2n) is 4.56. The lowest BCUT2D eigenvalue weighted by Gasteiger charge is -2.09. The number of hydrogen-bond donors (Lipinski definition) is 1. The molecule has 1 aliphatic rings. The minimum Gasteiger partial charge on any atom is -0.336 e. The number of thiophene rings is 1. The molecule has 2 aromatic rings. The van der Waals surface area contributed by atoms with Crippen molar-refractivity contribution >= 4 is 27.3 Å². The molecule has 0 radical (unpaired) electrons. The fourth-order valence-corrected chi connectivity index (χ4v) is 3.00. The average molecular weight is 256 g/mol. The summed E-state index contributed by atoms with van der Waals surface area (Å²) >= 11 is 1.56. The molecule has 0 bridgehead atoms. The standard InChI is InChI=1S/C14H12N2OS/c15-7-12(9-5-6-9)16-14(17)11-8-18-13-4-2-1-3-10(11)13/h1-4,8-9,12H,5-6H2,(H,16,17). The van der Waals surface area contributed by atoms with Crippen molar-refractivity contribution in [2.75, 3.05) is 0 Å². The third-order valence-corrected chi connectivity index (χ3v) is 4.21. The maximum atomic E-state index is 12.2. The topological polar surface area (TPSA) is 52.9 Å². The molecule has 1 saturated carbocycles. The maximum absolute atomic E-state index is 12.2. The summed E-state index contributed by atoms with van der Waals surface area (Å²) in [6.07, 6.45) is 2.09. The van der Waals surface area contributed by atoms with Crippen LogP contribution in [0, 0.1) is 17.2 Å². The van der Waals surface area contributed by atoms with Crippen LogP contribution in [-0.4, -0.2) is 11.9 Å². The van der Waals surface area contributed by atoms with Gasteiger partial charge in [0.1, 0.15) is 6.04 Å². The van der Waals surface area contributed by atoms with E-state index in [1.165, 1.54) is 0 Å². The predicted molar refractivity (Wildman–Crippen MR) is 71.4 cm³/mol. The molecule has 1 aliphatic carbocycles. The molecule has 0 spiro atoms. The molecule has 1 N–H and O–H groups in total. The van der Waals surface area contributed by atoms with E-state index in [4.69, 9.17) is 5.26 Å². The monoisotopic (exact) mass is 256 g/mol. The summed E-state index contributed by atoms with van der Waals surface area (Å²) in [5.74, 6) is 0.217. The van der Waals surface area contributed by atoms with E-state index in [2.05, 4.69) is 11.4 Å². The Hall–Kier alpha value is -1.86. The third kappa shape index (κ3) is 1.98. The molecule has 0 aliphatic heterocycles. The SMILES string of the molecule is N#CC(NC(=O)c1csc2ccccc12)C1CC1. The summed E-state index contributed by atoms with van der Waals surface area (Å²) in [6.45, 7) is 0. The van der Waals surface area contributed by atoms with Gasteiger partial charge in [0, 0.05) is 15.5 Å². The van der Waals surface area contributed by atoms with Gasteiger partial charge in [0.05, 0.1) is 11.6 Å². The quantitative estimate of drug-likeness (QED) is 0.918. The number of nitriles is 1. The van der Waals surface area contributed by atoms with Gasteiger partial charge in [-0.05, 0) is 24.8 Å². The fraction of sp³-hybridized carbons (Fsp3) is 0.286. The highest BCUT2D eigenvalue weighted by Crippen LogP contribution is 2.33. The molecular formula is C14H12N2OS. The van der Waals surface area contributed by atoms with Crippen molar-refractivity contribution in [2.24, 2.45) is 5.92 Å². The maximum Gasteiger partial charge on any atom is 0.253 e. The summed E-state index contributed by atoms with van der Waals surface area (Å²) < 4.78 is 1.10. The fourth-order valence-electron chi connectivity index (χ4n) is 2.06. The van der Waals surface area contributed by atoms with Gasteiger partial charge in [-0.25, -0.2) is 0 Å². The van der Waals surface area contributed by atoms with Crippen molar-refractivity contribution in [3.05, 3.63) is 35.2 Å². The number of amides is 1. The number of nitrogens with zero attached hydrogens (tertiary/aromatic N) is 1. The lowest BCUT2D eigenvalue weighted by atomic mass is 10.1. The van der Waals surface area contributed by atoms with E-state index in [0.717, 1.165) is 22.9 Å². The summed E-state index contributed by atoms with van der Waals surface area (Å²) in [4.78, 5) is 12.2. The van der Waals surface area contributed by atoms with Gasteiger partial charge in [0.15, 0.2) is 0 Å². The molecular weight excluding hydrogens is 244 g/mol. The molecule has 1 aromatic heterocycles. The van der Waals surface area contributed by atoms with Crippen molar-refractivity contribution in [1.82, 2.24) is 5.32 Å². The molecule has 3 nitrogen and oxygen atoms in total. The van der Waals surface area contributed by atoms with Crippen LogP contribution in [0.5, 0.6) is 0 Å². The Morgan fingerprint density at radius 2 is 2.22 bits per heavy atom. The summed E-state index contributed by atoms with van der Waals surface area (Å²) in [7, 11) is 0. The molecule has 3 rings (SSSR count). The van der Waals surface area contributed by atoms with Crippen LogP contribution in [0.1, 0.15) is 23.2 Å². The van der Waals surface area contributed by atoms with Crippen LogP contribution >= 0.6 is 11.3 Å². The van der Waals surface area contributed by atoms with Crippen LogP contribution in [0.2, 0.25) is 0 Å². The lowest BCUT2D eigenvalue weighted by Crippen LogP contribution is -2.35. The normalized spacial score (nSPS) is 16.2. The van der Waals surface area contributed by atoms with Gasteiger partial charge in [0.25, 0.3) is 5.91 Å². The Bertz CT molecular complexity index is 637. The summed E-state index contributed by atoms with van der Waals surface area (Å²) in [6, 6.07) is 9.67. The third-order valence-electron chi connectivity index (χ3n) is 3.24. The van der Waals surface area contributed by atoms with E-state index < -0.39 is 0 Å². The van der Waals surface area contributed by atoms with Crippen molar-refractivity contribution in [3.63, 3.8) is 0 Å². The molecule has 4 heteroatoms. The average Bonchev–Trinajstić information content (AvgIpc) is 3.14. The molecule has 1 heterocycles. The molecule has 1 amide bonds. The first-order valence-electron chi connectivity index (χ1n) is 5.96. The van der Waals surface area contributed by atoms with Crippen molar-refractivity contribution in [2.45, 2.75) is 18.9 Å². The van der Waals surface area contributed by atoms with E-state index in [9.17, 15) is 4.79 Å².